The summed E-state index contributed by atoms with van der Waals surface area (Å²) in [5.41, 5.74) is 2.19. The molecule has 1 saturated carbocycles. The molecule has 2 aromatic rings. The molecule has 0 aliphatic heterocycles. The first-order chi connectivity index (χ1) is 10.6. The van der Waals surface area contributed by atoms with Gasteiger partial charge in [-0.05, 0) is 37.3 Å². The molecule has 0 spiro atoms. The lowest BCUT2D eigenvalue weighted by Crippen LogP contribution is -2.51. The summed E-state index contributed by atoms with van der Waals surface area (Å²) < 4.78 is 0. The molecule has 0 radical (unpaired) electrons. The standard InChI is InChI=1S/C17H22N2O3/c20-15-7-3-6-14(17(15)22)19-16(21)9-8-11-10-18-13-5-2-1-4-12(11)13/h1-2,4-5,10,14-15,17-18,20,22H,3,6-9H2,(H,19,21)/t14-,15-,17-/m1/s1. The first-order valence-electron chi connectivity index (χ1n) is 7.85. The van der Waals surface area contributed by atoms with E-state index in [-0.39, 0.29) is 11.9 Å². The Morgan fingerprint density at radius 3 is 2.95 bits per heavy atom. The molecule has 1 heterocycles. The van der Waals surface area contributed by atoms with Crippen molar-refractivity contribution in [1.82, 2.24) is 10.3 Å². The van der Waals surface area contributed by atoms with Gasteiger partial charge < -0.3 is 20.5 Å². The van der Waals surface area contributed by atoms with E-state index >= 15 is 0 Å². The third-order valence-corrected chi connectivity index (χ3v) is 4.46. The molecule has 4 N–H and O–H groups in total. The zero-order valence-corrected chi connectivity index (χ0v) is 12.5. The number of aryl methyl sites for hydroxylation is 1. The van der Waals surface area contributed by atoms with Crippen LogP contribution in [0.4, 0.5) is 0 Å². The molecular weight excluding hydrogens is 280 g/mol. The third kappa shape index (κ3) is 3.15. The molecule has 5 heteroatoms. The molecule has 0 saturated heterocycles. The fourth-order valence-corrected chi connectivity index (χ4v) is 3.18. The number of aliphatic hydroxyl groups is 2. The lowest BCUT2D eigenvalue weighted by molar-refractivity contribution is -0.124. The molecule has 3 rings (SSSR count). The number of carbonyl (C=O) groups excluding carboxylic acids is 1. The minimum absolute atomic E-state index is 0.0802. The Morgan fingerprint density at radius 1 is 1.27 bits per heavy atom. The quantitative estimate of drug-likeness (QED) is 0.690. The number of hydrogen-bond donors (Lipinski definition) is 4. The molecule has 22 heavy (non-hydrogen) atoms. The molecule has 1 aliphatic carbocycles. The second-order valence-corrected chi connectivity index (χ2v) is 6.02. The van der Waals surface area contributed by atoms with Crippen molar-refractivity contribution in [1.29, 1.82) is 0 Å². The number of rotatable bonds is 4. The van der Waals surface area contributed by atoms with E-state index in [9.17, 15) is 15.0 Å². The number of benzene rings is 1. The lowest BCUT2D eigenvalue weighted by atomic mass is 9.90. The van der Waals surface area contributed by atoms with E-state index in [4.69, 9.17) is 0 Å². The Bertz CT molecular complexity index is 652. The van der Waals surface area contributed by atoms with Crippen molar-refractivity contribution in [2.24, 2.45) is 0 Å². The minimum atomic E-state index is -0.856. The maximum atomic E-state index is 12.1. The van der Waals surface area contributed by atoms with Crippen molar-refractivity contribution in [3.05, 3.63) is 36.0 Å². The van der Waals surface area contributed by atoms with Gasteiger partial charge in [-0.3, -0.25) is 4.79 Å². The third-order valence-electron chi connectivity index (χ3n) is 4.46. The molecule has 5 nitrogen and oxygen atoms in total. The molecule has 3 atom stereocenters. The molecule has 0 bridgehead atoms. The van der Waals surface area contributed by atoms with Gasteiger partial charge in [0.1, 0.15) is 0 Å². The zero-order valence-electron chi connectivity index (χ0n) is 12.5. The second-order valence-electron chi connectivity index (χ2n) is 6.02. The molecule has 118 valence electrons. The van der Waals surface area contributed by atoms with Crippen molar-refractivity contribution in [3.8, 4) is 0 Å². The summed E-state index contributed by atoms with van der Waals surface area (Å²) in [6.45, 7) is 0. The average Bonchev–Trinajstić information content (AvgIpc) is 2.93. The maximum absolute atomic E-state index is 12.1. The van der Waals surface area contributed by atoms with Crippen LogP contribution in [-0.4, -0.2) is 39.4 Å². The van der Waals surface area contributed by atoms with Crippen molar-refractivity contribution in [2.75, 3.05) is 0 Å². The van der Waals surface area contributed by atoms with E-state index in [1.54, 1.807) is 0 Å². The van der Waals surface area contributed by atoms with Crippen LogP contribution >= 0.6 is 0 Å². The van der Waals surface area contributed by atoms with Crippen molar-refractivity contribution in [2.45, 2.75) is 50.4 Å². The highest BCUT2D eigenvalue weighted by atomic mass is 16.3. The van der Waals surface area contributed by atoms with Gasteiger partial charge in [0, 0.05) is 23.5 Å². The Morgan fingerprint density at radius 2 is 2.09 bits per heavy atom. The van der Waals surface area contributed by atoms with Gasteiger partial charge in [0.2, 0.25) is 5.91 Å². The van der Waals surface area contributed by atoms with Crippen LogP contribution in [0.1, 0.15) is 31.2 Å². The normalized spacial score (nSPS) is 25.3. The van der Waals surface area contributed by atoms with E-state index in [1.807, 2.05) is 30.5 Å². The number of para-hydroxylation sites is 1. The molecular formula is C17H22N2O3. The molecule has 1 amide bonds. The average molecular weight is 302 g/mol. The molecule has 1 fully saturated rings. The summed E-state index contributed by atoms with van der Waals surface area (Å²) in [5.74, 6) is -0.0802. The Hall–Kier alpha value is -1.85. The van der Waals surface area contributed by atoms with E-state index in [0.29, 0.717) is 19.3 Å². The number of H-pyrrole nitrogens is 1. The number of aromatic nitrogens is 1. The topological polar surface area (TPSA) is 85.4 Å². The largest absolute Gasteiger partial charge is 0.390 e. The summed E-state index contributed by atoms with van der Waals surface area (Å²) in [6.07, 6.45) is 3.53. The summed E-state index contributed by atoms with van der Waals surface area (Å²) in [4.78, 5) is 15.3. The molecule has 1 aromatic heterocycles. The van der Waals surface area contributed by atoms with Crippen molar-refractivity contribution >= 4 is 16.8 Å². The predicted octanol–water partition coefficient (Wildman–Crippen LogP) is 1.49. The van der Waals surface area contributed by atoms with Gasteiger partial charge in [0.05, 0.1) is 18.2 Å². The van der Waals surface area contributed by atoms with E-state index < -0.39 is 12.2 Å². The van der Waals surface area contributed by atoms with Gasteiger partial charge in [-0.15, -0.1) is 0 Å². The number of aliphatic hydroxyl groups excluding tert-OH is 2. The molecule has 1 aliphatic rings. The smallest absolute Gasteiger partial charge is 0.220 e. The monoisotopic (exact) mass is 302 g/mol. The zero-order chi connectivity index (χ0) is 15.5. The van der Waals surface area contributed by atoms with E-state index in [0.717, 1.165) is 29.3 Å². The Kier molecular flexibility index (Phi) is 4.45. The second kappa shape index (κ2) is 6.50. The minimum Gasteiger partial charge on any atom is -0.390 e. The summed E-state index contributed by atoms with van der Waals surface area (Å²) in [6, 6.07) is 7.68. The number of hydrogen-bond acceptors (Lipinski definition) is 3. The highest BCUT2D eigenvalue weighted by molar-refractivity contribution is 5.84. The van der Waals surface area contributed by atoms with Crippen molar-refractivity contribution < 1.29 is 15.0 Å². The van der Waals surface area contributed by atoms with E-state index in [1.165, 1.54) is 0 Å². The fourth-order valence-electron chi connectivity index (χ4n) is 3.18. The van der Waals surface area contributed by atoms with Crippen LogP contribution in [0.3, 0.4) is 0 Å². The lowest BCUT2D eigenvalue weighted by Gasteiger charge is -2.32. The summed E-state index contributed by atoms with van der Waals surface area (Å²) >= 11 is 0. The van der Waals surface area contributed by atoms with E-state index in [2.05, 4.69) is 10.3 Å². The first-order valence-corrected chi connectivity index (χ1v) is 7.85. The predicted molar refractivity (Wildman–Crippen MR) is 84.4 cm³/mol. The van der Waals surface area contributed by atoms with Gasteiger partial charge >= 0.3 is 0 Å². The van der Waals surface area contributed by atoms with Gasteiger partial charge in [-0.2, -0.15) is 0 Å². The van der Waals surface area contributed by atoms with Crippen molar-refractivity contribution in [3.63, 3.8) is 0 Å². The van der Waals surface area contributed by atoms with Crippen LogP contribution < -0.4 is 5.32 Å². The number of fused-ring (bicyclic) bond motifs is 1. The SMILES string of the molecule is O=C(CCc1c[nH]c2ccccc12)N[C@@H]1CCC[C@@H](O)[C@@H]1O. The Labute approximate surface area is 129 Å². The first kappa shape index (κ1) is 15.1. The van der Waals surface area contributed by atoms with Gasteiger partial charge in [0.15, 0.2) is 0 Å². The fraction of sp³-hybridized carbons (Fsp3) is 0.471. The number of aromatic amines is 1. The van der Waals surface area contributed by atoms with Crippen LogP contribution in [0, 0.1) is 0 Å². The van der Waals surface area contributed by atoms with Crippen LogP contribution in [-0.2, 0) is 11.2 Å². The van der Waals surface area contributed by atoms with Gasteiger partial charge in [0.25, 0.3) is 0 Å². The summed E-state index contributed by atoms with van der Waals surface area (Å²) in [5, 5.41) is 23.6. The van der Waals surface area contributed by atoms with Crippen LogP contribution in [0.25, 0.3) is 10.9 Å². The number of nitrogens with one attached hydrogen (secondary N) is 2. The van der Waals surface area contributed by atoms with Gasteiger partial charge in [-0.1, -0.05) is 18.2 Å². The van der Waals surface area contributed by atoms with Gasteiger partial charge in [-0.25, -0.2) is 0 Å². The number of amides is 1. The van der Waals surface area contributed by atoms with Crippen LogP contribution in [0.15, 0.2) is 30.5 Å². The molecule has 1 aromatic carbocycles. The maximum Gasteiger partial charge on any atom is 0.220 e. The summed E-state index contributed by atoms with van der Waals surface area (Å²) in [7, 11) is 0. The highest BCUT2D eigenvalue weighted by Gasteiger charge is 2.31. The van der Waals surface area contributed by atoms with Crippen LogP contribution in [0.2, 0.25) is 0 Å². The Balaban J connectivity index is 1.56. The molecule has 0 unspecified atom stereocenters. The highest BCUT2D eigenvalue weighted by Crippen LogP contribution is 2.21. The number of carbonyl (C=O) groups is 1. The van der Waals surface area contributed by atoms with Crippen LogP contribution in [0.5, 0.6) is 0 Å².